The lowest BCUT2D eigenvalue weighted by Gasteiger charge is -2.29. The SMILES string of the molecule is C=C/C(C(=O)c1cc2cc(C)c(C3CCC(CCC)CC3)cc2[nH]1)=C(\C)N. The van der Waals surface area contributed by atoms with Crippen molar-refractivity contribution in [3.05, 3.63) is 58.9 Å². The predicted molar refractivity (Wildman–Crippen MR) is 114 cm³/mol. The first kappa shape index (κ1) is 19.5. The van der Waals surface area contributed by atoms with E-state index in [1.54, 1.807) is 6.92 Å². The summed E-state index contributed by atoms with van der Waals surface area (Å²) in [5.41, 5.74) is 11.2. The highest BCUT2D eigenvalue weighted by atomic mass is 16.1. The Morgan fingerprint density at radius 3 is 2.56 bits per heavy atom. The van der Waals surface area contributed by atoms with Crippen LogP contribution in [0.2, 0.25) is 0 Å². The number of Topliss-reactive ketones (excluding diaryl/α,β-unsaturated/α-hetero) is 1. The molecule has 0 aliphatic heterocycles. The van der Waals surface area contributed by atoms with Gasteiger partial charge in [-0.05, 0) is 80.7 Å². The van der Waals surface area contributed by atoms with Gasteiger partial charge in [0.15, 0.2) is 0 Å². The van der Waals surface area contributed by atoms with Gasteiger partial charge in [0.2, 0.25) is 5.78 Å². The van der Waals surface area contributed by atoms with Crippen LogP contribution in [0.5, 0.6) is 0 Å². The number of ketones is 1. The van der Waals surface area contributed by atoms with E-state index in [2.05, 4.69) is 37.5 Å². The molecule has 0 radical (unpaired) electrons. The average molecular weight is 365 g/mol. The average Bonchev–Trinajstić information content (AvgIpc) is 3.05. The van der Waals surface area contributed by atoms with Gasteiger partial charge in [-0.2, -0.15) is 0 Å². The number of aromatic amines is 1. The lowest BCUT2D eigenvalue weighted by Crippen LogP contribution is -2.14. The molecule has 0 unspecified atom stereocenters. The van der Waals surface area contributed by atoms with Crippen LogP contribution < -0.4 is 5.73 Å². The molecule has 3 nitrogen and oxygen atoms in total. The number of rotatable bonds is 6. The lowest BCUT2D eigenvalue weighted by molar-refractivity contribution is 0.103. The molecule has 1 aromatic heterocycles. The third kappa shape index (κ3) is 4.02. The fourth-order valence-electron chi connectivity index (χ4n) is 4.62. The topological polar surface area (TPSA) is 58.9 Å². The number of hydrogen-bond donors (Lipinski definition) is 2. The number of allylic oxidation sites excluding steroid dienone is 3. The monoisotopic (exact) mass is 364 g/mol. The fourth-order valence-corrected chi connectivity index (χ4v) is 4.62. The molecular formula is C24H32N2O. The third-order valence-electron chi connectivity index (χ3n) is 6.11. The molecule has 27 heavy (non-hydrogen) atoms. The van der Waals surface area contributed by atoms with E-state index in [-0.39, 0.29) is 5.78 Å². The van der Waals surface area contributed by atoms with Gasteiger partial charge >= 0.3 is 0 Å². The molecule has 0 spiro atoms. The highest BCUT2D eigenvalue weighted by molar-refractivity contribution is 6.11. The molecule has 1 heterocycles. The molecule has 1 saturated carbocycles. The molecule has 0 amide bonds. The van der Waals surface area contributed by atoms with Crippen LogP contribution in [0.3, 0.4) is 0 Å². The number of carbonyl (C=O) groups excluding carboxylic acids is 1. The Hall–Kier alpha value is -2.29. The quantitative estimate of drug-likeness (QED) is 0.367. The van der Waals surface area contributed by atoms with Gasteiger partial charge in [-0.1, -0.05) is 32.4 Å². The van der Waals surface area contributed by atoms with Gasteiger partial charge in [0.1, 0.15) is 0 Å². The molecule has 3 N–H and O–H groups in total. The van der Waals surface area contributed by atoms with Gasteiger partial charge in [0.05, 0.1) is 5.69 Å². The van der Waals surface area contributed by atoms with Crippen molar-refractivity contribution < 1.29 is 4.79 Å². The van der Waals surface area contributed by atoms with Crippen molar-refractivity contribution in [2.45, 2.75) is 65.2 Å². The minimum Gasteiger partial charge on any atom is -0.402 e. The normalized spacial score (nSPS) is 21.1. The molecule has 2 aromatic rings. The van der Waals surface area contributed by atoms with Crippen LogP contribution in [0, 0.1) is 12.8 Å². The Kier molecular flexibility index (Phi) is 5.88. The first-order chi connectivity index (χ1) is 12.9. The van der Waals surface area contributed by atoms with E-state index in [0.29, 0.717) is 22.9 Å². The van der Waals surface area contributed by atoms with Gasteiger partial charge in [-0.3, -0.25) is 4.79 Å². The molecule has 1 aliphatic carbocycles. The highest BCUT2D eigenvalue weighted by Gasteiger charge is 2.24. The van der Waals surface area contributed by atoms with Gasteiger partial charge < -0.3 is 10.7 Å². The van der Waals surface area contributed by atoms with E-state index in [1.165, 1.54) is 55.7 Å². The van der Waals surface area contributed by atoms with E-state index in [4.69, 9.17) is 5.73 Å². The number of nitrogens with two attached hydrogens (primary N) is 1. The second kappa shape index (κ2) is 8.16. The molecule has 3 rings (SSSR count). The summed E-state index contributed by atoms with van der Waals surface area (Å²) in [6.45, 7) is 9.93. The Balaban J connectivity index is 1.88. The second-order valence-corrected chi connectivity index (χ2v) is 8.12. The summed E-state index contributed by atoms with van der Waals surface area (Å²) in [5, 5.41) is 1.08. The molecule has 1 aliphatic rings. The van der Waals surface area contributed by atoms with Crippen LogP contribution >= 0.6 is 0 Å². The minimum absolute atomic E-state index is 0.0968. The van der Waals surface area contributed by atoms with Gasteiger partial charge in [0, 0.05) is 22.2 Å². The number of benzene rings is 1. The molecular weight excluding hydrogens is 332 g/mol. The first-order valence-corrected chi connectivity index (χ1v) is 10.2. The van der Waals surface area contributed by atoms with Crippen LogP contribution in [-0.4, -0.2) is 10.8 Å². The highest BCUT2D eigenvalue weighted by Crippen LogP contribution is 2.39. The van der Waals surface area contributed by atoms with Crippen LogP contribution in [0.15, 0.2) is 42.1 Å². The van der Waals surface area contributed by atoms with E-state index in [1.807, 2.05) is 6.07 Å². The lowest BCUT2D eigenvalue weighted by atomic mass is 9.76. The van der Waals surface area contributed by atoms with E-state index in [9.17, 15) is 4.79 Å². The molecule has 0 saturated heterocycles. The second-order valence-electron chi connectivity index (χ2n) is 8.12. The number of fused-ring (bicyclic) bond motifs is 1. The van der Waals surface area contributed by atoms with Crippen LogP contribution in [0.4, 0.5) is 0 Å². The van der Waals surface area contributed by atoms with Crippen LogP contribution in [-0.2, 0) is 0 Å². The van der Waals surface area contributed by atoms with E-state index < -0.39 is 0 Å². The van der Waals surface area contributed by atoms with Crippen molar-refractivity contribution in [1.82, 2.24) is 4.98 Å². The van der Waals surface area contributed by atoms with Crippen molar-refractivity contribution in [1.29, 1.82) is 0 Å². The molecule has 0 atom stereocenters. The Labute approximate surface area is 162 Å². The molecule has 1 aromatic carbocycles. The standard InChI is InChI=1S/C24H32N2O/c1-5-7-17-8-10-18(11-9-17)21-14-22-19(12-15(21)3)13-23(26-22)24(27)20(6-2)16(4)25/h6,12-14,17-18,26H,2,5,7-11,25H2,1,3-4H3/b20-16-. The van der Waals surface area contributed by atoms with E-state index in [0.717, 1.165) is 16.8 Å². The minimum atomic E-state index is -0.0968. The van der Waals surface area contributed by atoms with Gasteiger partial charge in [-0.25, -0.2) is 0 Å². The summed E-state index contributed by atoms with van der Waals surface area (Å²) in [4.78, 5) is 16.0. The zero-order chi connectivity index (χ0) is 19.6. The van der Waals surface area contributed by atoms with Crippen molar-refractivity contribution in [2.75, 3.05) is 0 Å². The maximum absolute atomic E-state index is 12.7. The van der Waals surface area contributed by atoms with Crippen molar-refractivity contribution in [2.24, 2.45) is 11.7 Å². The Bertz CT molecular complexity index is 875. The molecule has 3 heteroatoms. The maximum atomic E-state index is 12.7. The Morgan fingerprint density at radius 1 is 1.26 bits per heavy atom. The van der Waals surface area contributed by atoms with Crippen molar-refractivity contribution in [3.8, 4) is 0 Å². The number of hydrogen-bond acceptors (Lipinski definition) is 2. The predicted octanol–water partition coefficient (Wildman–Crippen LogP) is 6.15. The van der Waals surface area contributed by atoms with Crippen molar-refractivity contribution >= 4 is 16.7 Å². The third-order valence-corrected chi connectivity index (χ3v) is 6.11. The number of aryl methyl sites for hydroxylation is 1. The number of H-pyrrole nitrogens is 1. The van der Waals surface area contributed by atoms with Gasteiger partial charge in [-0.15, -0.1) is 0 Å². The number of carbonyl (C=O) groups is 1. The fraction of sp³-hybridized carbons (Fsp3) is 0.458. The van der Waals surface area contributed by atoms with Crippen LogP contribution in [0.1, 0.15) is 79.9 Å². The summed E-state index contributed by atoms with van der Waals surface area (Å²) >= 11 is 0. The summed E-state index contributed by atoms with van der Waals surface area (Å²) in [6.07, 6.45) is 9.43. The largest absolute Gasteiger partial charge is 0.402 e. The Morgan fingerprint density at radius 2 is 1.96 bits per heavy atom. The summed E-state index contributed by atoms with van der Waals surface area (Å²) in [7, 11) is 0. The number of aromatic nitrogens is 1. The van der Waals surface area contributed by atoms with Gasteiger partial charge in [0.25, 0.3) is 0 Å². The maximum Gasteiger partial charge on any atom is 0.210 e. The molecule has 144 valence electrons. The summed E-state index contributed by atoms with van der Waals surface area (Å²) in [5.74, 6) is 1.45. The smallest absolute Gasteiger partial charge is 0.210 e. The summed E-state index contributed by atoms with van der Waals surface area (Å²) in [6, 6.07) is 6.40. The summed E-state index contributed by atoms with van der Waals surface area (Å²) < 4.78 is 0. The van der Waals surface area contributed by atoms with Crippen molar-refractivity contribution in [3.63, 3.8) is 0 Å². The number of nitrogens with one attached hydrogen (secondary N) is 1. The van der Waals surface area contributed by atoms with E-state index >= 15 is 0 Å². The zero-order valence-corrected chi connectivity index (χ0v) is 16.9. The zero-order valence-electron chi connectivity index (χ0n) is 16.9. The molecule has 0 bridgehead atoms. The molecule has 1 fully saturated rings. The first-order valence-electron chi connectivity index (χ1n) is 10.2. The van der Waals surface area contributed by atoms with Crippen LogP contribution in [0.25, 0.3) is 10.9 Å².